The van der Waals surface area contributed by atoms with E-state index in [2.05, 4.69) is 5.32 Å². The molecule has 2 atom stereocenters. The van der Waals surface area contributed by atoms with Crippen LogP contribution in [0.4, 0.5) is 0 Å². The molecule has 2 N–H and O–H groups in total. The molecule has 18 heavy (non-hydrogen) atoms. The van der Waals surface area contributed by atoms with Crippen molar-refractivity contribution in [1.29, 1.82) is 0 Å². The molecule has 3 nitrogen and oxygen atoms in total. The average Bonchev–Trinajstić information content (AvgIpc) is 2.31. The Morgan fingerprint density at radius 2 is 2.11 bits per heavy atom. The van der Waals surface area contributed by atoms with Crippen molar-refractivity contribution in [3.63, 3.8) is 0 Å². The van der Waals surface area contributed by atoms with E-state index in [9.17, 15) is 4.79 Å². The van der Waals surface area contributed by atoms with Crippen LogP contribution in [0.5, 0.6) is 0 Å². The summed E-state index contributed by atoms with van der Waals surface area (Å²) < 4.78 is 0. The van der Waals surface area contributed by atoms with E-state index >= 15 is 0 Å². The van der Waals surface area contributed by atoms with Gasteiger partial charge in [0.1, 0.15) is 6.04 Å². The number of benzene rings is 1. The van der Waals surface area contributed by atoms with Crippen molar-refractivity contribution in [3.05, 3.63) is 33.8 Å². The largest absolute Gasteiger partial charge is 0.480 e. The van der Waals surface area contributed by atoms with Gasteiger partial charge >= 0.3 is 5.97 Å². The zero-order valence-electron chi connectivity index (χ0n) is 10.4. The maximum absolute atomic E-state index is 10.8. The Bertz CT molecular complexity index is 423. The molecular formula is C13H17Cl2NO2. The molecule has 0 spiro atoms. The third kappa shape index (κ3) is 4.48. The second-order valence-electron chi connectivity index (χ2n) is 4.27. The number of halogens is 2. The SMILES string of the molecule is CCC(Cc1ccc(Cl)cc1Cl)N[C@@H](C)C(=O)O. The summed E-state index contributed by atoms with van der Waals surface area (Å²) in [6, 6.07) is 4.87. The molecular weight excluding hydrogens is 273 g/mol. The van der Waals surface area contributed by atoms with E-state index in [0.29, 0.717) is 16.5 Å². The lowest BCUT2D eigenvalue weighted by molar-refractivity contribution is -0.139. The van der Waals surface area contributed by atoms with Gasteiger partial charge in [0.25, 0.3) is 0 Å². The minimum atomic E-state index is -0.851. The molecule has 0 radical (unpaired) electrons. The molecule has 1 unspecified atom stereocenters. The average molecular weight is 290 g/mol. The summed E-state index contributed by atoms with van der Waals surface area (Å²) in [7, 11) is 0. The molecule has 1 rings (SSSR count). The summed E-state index contributed by atoms with van der Waals surface area (Å²) in [5, 5.41) is 13.2. The van der Waals surface area contributed by atoms with Crippen molar-refractivity contribution in [2.75, 3.05) is 0 Å². The molecule has 0 aliphatic heterocycles. The van der Waals surface area contributed by atoms with Crippen LogP contribution < -0.4 is 5.32 Å². The zero-order valence-corrected chi connectivity index (χ0v) is 11.9. The van der Waals surface area contributed by atoms with E-state index in [4.69, 9.17) is 28.3 Å². The molecule has 5 heteroatoms. The molecule has 0 aliphatic rings. The van der Waals surface area contributed by atoms with Gasteiger partial charge in [0, 0.05) is 16.1 Å². The van der Waals surface area contributed by atoms with Crippen molar-refractivity contribution in [2.24, 2.45) is 0 Å². The van der Waals surface area contributed by atoms with Gasteiger partial charge in [-0.15, -0.1) is 0 Å². The van der Waals surface area contributed by atoms with Crippen molar-refractivity contribution >= 4 is 29.2 Å². The Kier molecular flexibility index (Phi) is 5.93. The highest BCUT2D eigenvalue weighted by molar-refractivity contribution is 6.35. The first-order valence-corrected chi connectivity index (χ1v) is 6.62. The van der Waals surface area contributed by atoms with Crippen LogP contribution in [0.3, 0.4) is 0 Å². The number of nitrogens with one attached hydrogen (secondary N) is 1. The normalized spacial score (nSPS) is 14.2. The van der Waals surface area contributed by atoms with E-state index in [1.54, 1.807) is 19.1 Å². The number of carbonyl (C=O) groups is 1. The highest BCUT2D eigenvalue weighted by atomic mass is 35.5. The molecule has 0 fully saturated rings. The van der Waals surface area contributed by atoms with Crippen LogP contribution in [0, 0.1) is 0 Å². The van der Waals surface area contributed by atoms with Gasteiger partial charge in [-0.3, -0.25) is 4.79 Å². The highest BCUT2D eigenvalue weighted by Gasteiger charge is 2.16. The third-order valence-electron chi connectivity index (χ3n) is 2.83. The number of hydrogen-bond acceptors (Lipinski definition) is 2. The quantitative estimate of drug-likeness (QED) is 0.844. The number of hydrogen-bond donors (Lipinski definition) is 2. The maximum Gasteiger partial charge on any atom is 0.320 e. The number of carboxylic acids is 1. The predicted molar refractivity (Wildman–Crippen MR) is 74.5 cm³/mol. The van der Waals surface area contributed by atoms with Crippen LogP contribution in [-0.4, -0.2) is 23.2 Å². The zero-order chi connectivity index (χ0) is 13.7. The fourth-order valence-electron chi connectivity index (χ4n) is 1.70. The van der Waals surface area contributed by atoms with Crippen LogP contribution in [0.25, 0.3) is 0 Å². The molecule has 1 aromatic rings. The van der Waals surface area contributed by atoms with E-state index < -0.39 is 12.0 Å². The summed E-state index contributed by atoms with van der Waals surface area (Å²) in [5.74, 6) is -0.851. The molecule has 0 aliphatic carbocycles. The lowest BCUT2D eigenvalue weighted by Gasteiger charge is -2.20. The first-order valence-electron chi connectivity index (χ1n) is 5.86. The Labute approximate surface area is 117 Å². The van der Waals surface area contributed by atoms with Crippen molar-refractivity contribution in [3.8, 4) is 0 Å². The molecule has 0 bridgehead atoms. The monoisotopic (exact) mass is 289 g/mol. The number of aliphatic carboxylic acids is 1. The van der Waals surface area contributed by atoms with Gasteiger partial charge in [0.05, 0.1) is 0 Å². The first kappa shape index (κ1) is 15.3. The van der Waals surface area contributed by atoms with Gasteiger partial charge in [0.2, 0.25) is 0 Å². The van der Waals surface area contributed by atoms with Gasteiger partial charge in [0.15, 0.2) is 0 Å². The van der Waals surface area contributed by atoms with Crippen molar-refractivity contribution in [1.82, 2.24) is 5.32 Å². The van der Waals surface area contributed by atoms with Gasteiger partial charge in [-0.25, -0.2) is 0 Å². The van der Waals surface area contributed by atoms with E-state index in [0.717, 1.165) is 12.0 Å². The van der Waals surface area contributed by atoms with Gasteiger partial charge in [-0.1, -0.05) is 36.2 Å². The second kappa shape index (κ2) is 6.98. The third-order valence-corrected chi connectivity index (χ3v) is 3.42. The highest BCUT2D eigenvalue weighted by Crippen LogP contribution is 2.22. The minimum absolute atomic E-state index is 0.0785. The number of rotatable bonds is 6. The number of carboxylic acid groups (broad SMARTS) is 1. The summed E-state index contributed by atoms with van der Waals surface area (Å²) in [4.78, 5) is 10.8. The lowest BCUT2D eigenvalue weighted by Crippen LogP contribution is -2.42. The Morgan fingerprint density at radius 3 is 2.61 bits per heavy atom. The van der Waals surface area contributed by atoms with E-state index in [-0.39, 0.29) is 6.04 Å². The van der Waals surface area contributed by atoms with E-state index in [1.807, 2.05) is 13.0 Å². The van der Waals surface area contributed by atoms with Crippen molar-refractivity contribution in [2.45, 2.75) is 38.8 Å². The summed E-state index contributed by atoms with van der Waals surface area (Å²) >= 11 is 11.9. The molecule has 1 aromatic carbocycles. The van der Waals surface area contributed by atoms with Gasteiger partial charge in [-0.05, 0) is 37.5 Å². The summed E-state index contributed by atoms with van der Waals surface area (Å²) in [5.41, 5.74) is 0.970. The predicted octanol–water partition coefficient (Wildman–Crippen LogP) is 3.38. The maximum atomic E-state index is 10.8. The summed E-state index contributed by atoms with van der Waals surface area (Å²) in [6.45, 7) is 3.64. The fourth-order valence-corrected chi connectivity index (χ4v) is 2.18. The molecule has 0 amide bonds. The fraction of sp³-hybridized carbons (Fsp3) is 0.462. The van der Waals surface area contributed by atoms with Crippen LogP contribution in [0.15, 0.2) is 18.2 Å². The Hall–Kier alpha value is -0.770. The molecule has 0 heterocycles. The topological polar surface area (TPSA) is 49.3 Å². The molecule has 0 saturated carbocycles. The minimum Gasteiger partial charge on any atom is -0.480 e. The lowest BCUT2D eigenvalue weighted by atomic mass is 10.0. The van der Waals surface area contributed by atoms with Gasteiger partial charge in [-0.2, -0.15) is 0 Å². The van der Waals surface area contributed by atoms with Crippen molar-refractivity contribution < 1.29 is 9.90 Å². The second-order valence-corrected chi connectivity index (χ2v) is 5.12. The smallest absolute Gasteiger partial charge is 0.320 e. The Morgan fingerprint density at radius 1 is 1.44 bits per heavy atom. The van der Waals surface area contributed by atoms with Gasteiger partial charge < -0.3 is 10.4 Å². The first-order chi connectivity index (χ1) is 8.43. The van der Waals surface area contributed by atoms with Crippen LogP contribution >= 0.6 is 23.2 Å². The van der Waals surface area contributed by atoms with Crippen LogP contribution in [0.2, 0.25) is 10.0 Å². The standard InChI is InChI=1S/C13H17Cl2NO2/c1-3-11(16-8(2)13(17)18)6-9-4-5-10(14)7-12(9)15/h4-5,7-8,11,16H,3,6H2,1-2H3,(H,17,18)/t8-,11?/m0/s1. The van der Waals surface area contributed by atoms with Crippen LogP contribution in [-0.2, 0) is 11.2 Å². The summed E-state index contributed by atoms with van der Waals surface area (Å²) in [6.07, 6.45) is 1.51. The molecule has 0 saturated heterocycles. The molecule has 0 aromatic heterocycles. The Balaban J connectivity index is 2.70. The molecule has 100 valence electrons. The van der Waals surface area contributed by atoms with E-state index in [1.165, 1.54) is 0 Å². The van der Waals surface area contributed by atoms with Crippen LogP contribution in [0.1, 0.15) is 25.8 Å².